The van der Waals surface area contributed by atoms with Crippen molar-refractivity contribution in [1.29, 1.82) is 0 Å². The summed E-state index contributed by atoms with van der Waals surface area (Å²) in [6, 6.07) is 16.7. The average Bonchev–Trinajstić information content (AvgIpc) is 2.67. The van der Waals surface area contributed by atoms with Crippen molar-refractivity contribution in [2.24, 2.45) is 5.41 Å². The number of carbonyl (C=O) groups is 1. The third kappa shape index (κ3) is 3.02. The summed E-state index contributed by atoms with van der Waals surface area (Å²) in [5.74, 6) is 1.50. The van der Waals surface area contributed by atoms with Gasteiger partial charge in [-0.15, -0.1) is 0 Å². The van der Waals surface area contributed by atoms with Crippen LogP contribution in [0.25, 0.3) is 0 Å². The second kappa shape index (κ2) is 6.51. The zero-order valence-corrected chi connectivity index (χ0v) is 14.7. The van der Waals surface area contributed by atoms with Crippen molar-refractivity contribution in [3.63, 3.8) is 0 Å². The normalized spacial score (nSPS) is 24.5. The molecule has 0 heterocycles. The van der Waals surface area contributed by atoms with E-state index < -0.39 is 0 Å². The Morgan fingerprint density at radius 3 is 2.80 bits per heavy atom. The maximum atomic E-state index is 12.0. The van der Waals surface area contributed by atoms with Gasteiger partial charge in [-0.2, -0.15) is 0 Å². The van der Waals surface area contributed by atoms with Crippen molar-refractivity contribution in [3.05, 3.63) is 77.4 Å². The van der Waals surface area contributed by atoms with Gasteiger partial charge < -0.3 is 4.74 Å². The van der Waals surface area contributed by atoms with Crippen molar-refractivity contribution in [3.8, 4) is 5.75 Å². The number of hydrogen-bond donors (Lipinski definition) is 0. The van der Waals surface area contributed by atoms with Gasteiger partial charge in [-0.25, -0.2) is 0 Å². The lowest BCUT2D eigenvalue weighted by Gasteiger charge is -2.44. The predicted molar refractivity (Wildman–Crippen MR) is 99.8 cm³/mol. The number of allylic oxidation sites excluding steroid dienone is 2. The van der Waals surface area contributed by atoms with Gasteiger partial charge in [-0.05, 0) is 59.6 Å². The Kier molecular flexibility index (Phi) is 4.20. The van der Waals surface area contributed by atoms with E-state index in [0.717, 1.165) is 25.0 Å². The van der Waals surface area contributed by atoms with Crippen LogP contribution in [0, 0.1) is 5.41 Å². The van der Waals surface area contributed by atoms with Gasteiger partial charge in [0.25, 0.3) is 0 Å². The highest BCUT2D eigenvalue weighted by Crippen LogP contribution is 2.52. The molecule has 2 nitrogen and oxygen atoms in total. The highest BCUT2D eigenvalue weighted by Gasteiger charge is 2.42. The summed E-state index contributed by atoms with van der Waals surface area (Å²) in [7, 11) is 0. The SMILES string of the molecule is CC[C@]12C=CC(=O)C[C@@H]1c1ccc(OCc3ccccc3)cc1CC2. The third-order valence-corrected chi connectivity index (χ3v) is 5.96. The summed E-state index contributed by atoms with van der Waals surface area (Å²) in [4.78, 5) is 12.0. The number of rotatable bonds is 4. The molecule has 0 saturated carbocycles. The Morgan fingerprint density at radius 1 is 1.16 bits per heavy atom. The quantitative estimate of drug-likeness (QED) is 0.767. The molecule has 2 aromatic carbocycles. The zero-order valence-electron chi connectivity index (χ0n) is 14.7. The highest BCUT2D eigenvalue weighted by atomic mass is 16.5. The molecule has 2 atom stereocenters. The topological polar surface area (TPSA) is 26.3 Å². The maximum Gasteiger partial charge on any atom is 0.156 e. The van der Waals surface area contributed by atoms with Crippen LogP contribution in [0.5, 0.6) is 5.75 Å². The first-order valence-electron chi connectivity index (χ1n) is 9.22. The van der Waals surface area contributed by atoms with Crippen molar-refractivity contribution in [2.45, 2.75) is 45.1 Å². The molecule has 0 fully saturated rings. The number of fused-ring (bicyclic) bond motifs is 3. The fourth-order valence-electron chi connectivity index (χ4n) is 4.40. The van der Waals surface area contributed by atoms with E-state index in [9.17, 15) is 4.79 Å². The number of aryl methyl sites for hydroxylation is 1. The molecule has 0 N–H and O–H groups in total. The molecule has 0 bridgehead atoms. The molecule has 4 rings (SSSR count). The van der Waals surface area contributed by atoms with E-state index in [0.29, 0.717) is 18.9 Å². The monoisotopic (exact) mass is 332 g/mol. The Hall–Kier alpha value is -2.35. The van der Waals surface area contributed by atoms with Gasteiger partial charge in [0.1, 0.15) is 12.4 Å². The van der Waals surface area contributed by atoms with Crippen molar-refractivity contribution < 1.29 is 9.53 Å². The van der Waals surface area contributed by atoms with Gasteiger partial charge in [0, 0.05) is 12.3 Å². The maximum absolute atomic E-state index is 12.0. The predicted octanol–water partition coefficient (Wildman–Crippen LogP) is 5.22. The minimum atomic E-state index is 0.160. The first-order chi connectivity index (χ1) is 12.2. The zero-order chi connectivity index (χ0) is 17.3. The van der Waals surface area contributed by atoms with Crippen molar-refractivity contribution >= 4 is 5.78 Å². The van der Waals surface area contributed by atoms with Crippen LogP contribution in [0.15, 0.2) is 60.7 Å². The minimum absolute atomic E-state index is 0.160. The number of hydrogen-bond acceptors (Lipinski definition) is 2. The lowest BCUT2D eigenvalue weighted by atomic mass is 9.59. The molecule has 2 aliphatic rings. The standard InChI is InChI=1S/C23H24O2/c1-2-23-12-10-18-14-20(25-16-17-6-4-3-5-7-17)8-9-21(18)22(23)15-19(24)11-13-23/h3-9,11,13-14,22H,2,10,12,15-16H2,1H3/t22-,23+/m1/s1. The molecule has 0 aromatic heterocycles. The summed E-state index contributed by atoms with van der Waals surface area (Å²) < 4.78 is 5.99. The van der Waals surface area contributed by atoms with Gasteiger partial charge in [0.05, 0.1) is 0 Å². The average molecular weight is 332 g/mol. The molecule has 0 spiro atoms. The third-order valence-electron chi connectivity index (χ3n) is 5.96. The van der Waals surface area contributed by atoms with Crippen molar-refractivity contribution in [2.75, 3.05) is 0 Å². The van der Waals surface area contributed by atoms with Crippen LogP contribution in [0.1, 0.15) is 48.8 Å². The molecule has 0 radical (unpaired) electrons. The van der Waals surface area contributed by atoms with Gasteiger partial charge in [-0.3, -0.25) is 4.79 Å². The van der Waals surface area contributed by atoms with Crippen LogP contribution in [0.3, 0.4) is 0 Å². The molecular formula is C23H24O2. The van der Waals surface area contributed by atoms with Crippen LogP contribution >= 0.6 is 0 Å². The van der Waals surface area contributed by atoms with E-state index in [1.807, 2.05) is 24.3 Å². The molecule has 0 aliphatic heterocycles. The van der Waals surface area contributed by atoms with E-state index in [1.165, 1.54) is 16.7 Å². The molecule has 2 heteroatoms. The summed E-state index contributed by atoms with van der Waals surface area (Å²) in [5.41, 5.74) is 4.03. The fraction of sp³-hybridized carbons (Fsp3) is 0.348. The summed E-state index contributed by atoms with van der Waals surface area (Å²) in [6.45, 7) is 2.83. The van der Waals surface area contributed by atoms with E-state index >= 15 is 0 Å². The lowest BCUT2D eigenvalue weighted by Crippen LogP contribution is -2.35. The molecular weight excluding hydrogens is 308 g/mol. The summed E-state index contributed by atoms with van der Waals surface area (Å²) in [6.07, 6.45) is 7.90. The van der Waals surface area contributed by atoms with E-state index in [-0.39, 0.29) is 11.2 Å². The largest absolute Gasteiger partial charge is 0.489 e. The fourth-order valence-corrected chi connectivity index (χ4v) is 4.40. The van der Waals surface area contributed by atoms with Gasteiger partial charge in [0.15, 0.2) is 5.78 Å². The first-order valence-corrected chi connectivity index (χ1v) is 9.22. The van der Waals surface area contributed by atoms with E-state index in [1.54, 1.807) is 0 Å². The Morgan fingerprint density at radius 2 is 2.00 bits per heavy atom. The number of carbonyl (C=O) groups excluding carboxylic acids is 1. The molecule has 0 saturated heterocycles. The van der Waals surface area contributed by atoms with Crippen LogP contribution in [0.2, 0.25) is 0 Å². The van der Waals surface area contributed by atoms with Gasteiger partial charge in [-0.1, -0.05) is 49.4 Å². The van der Waals surface area contributed by atoms with Gasteiger partial charge in [0.2, 0.25) is 0 Å². The lowest BCUT2D eigenvalue weighted by molar-refractivity contribution is -0.116. The number of ether oxygens (including phenoxy) is 1. The van der Waals surface area contributed by atoms with E-state index in [2.05, 4.69) is 43.3 Å². The van der Waals surface area contributed by atoms with E-state index in [4.69, 9.17) is 4.74 Å². The molecule has 0 amide bonds. The molecule has 2 aromatic rings. The highest BCUT2D eigenvalue weighted by molar-refractivity contribution is 5.91. The van der Waals surface area contributed by atoms with Crippen LogP contribution in [0.4, 0.5) is 0 Å². The Balaban J connectivity index is 1.58. The second-order valence-electron chi connectivity index (χ2n) is 7.28. The second-order valence-corrected chi connectivity index (χ2v) is 7.28. The molecule has 25 heavy (non-hydrogen) atoms. The Bertz CT molecular complexity index is 806. The smallest absolute Gasteiger partial charge is 0.156 e. The Labute approximate surface area is 149 Å². The van der Waals surface area contributed by atoms with Crippen LogP contribution in [-0.4, -0.2) is 5.78 Å². The summed E-state index contributed by atoms with van der Waals surface area (Å²) >= 11 is 0. The summed E-state index contributed by atoms with van der Waals surface area (Å²) in [5, 5.41) is 0. The minimum Gasteiger partial charge on any atom is -0.489 e. The van der Waals surface area contributed by atoms with Crippen molar-refractivity contribution in [1.82, 2.24) is 0 Å². The van der Waals surface area contributed by atoms with Crippen LogP contribution < -0.4 is 4.74 Å². The molecule has 128 valence electrons. The number of benzene rings is 2. The number of ketones is 1. The molecule has 0 unspecified atom stereocenters. The van der Waals surface area contributed by atoms with Crippen LogP contribution in [-0.2, 0) is 17.8 Å². The first kappa shape index (κ1) is 16.1. The molecule has 2 aliphatic carbocycles. The van der Waals surface area contributed by atoms with Gasteiger partial charge >= 0.3 is 0 Å².